The number of methoxy groups -OCH3 is 1. The number of nitrogens with one attached hydrogen (secondary N) is 2. The van der Waals surface area contributed by atoms with Gasteiger partial charge in [-0.3, -0.25) is 43.7 Å². The van der Waals surface area contributed by atoms with Crippen molar-refractivity contribution in [1.29, 1.82) is 0 Å². The van der Waals surface area contributed by atoms with E-state index in [2.05, 4.69) is 20.8 Å². The lowest BCUT2D eigenvalue weighted by Gasteiger charge is -2.27. The minimum Gasteiger partial charge on any atom is -0.497 e. The Bertz CT molecular complexity index is 2260. The monoisotopic (exact) mass is 823 g/mol. The number of aryl methyl sites for hydroxylation is 1. The number of hydrogen-bond donors (Lipinski definition) is 2. The molecule has 3 aromatic carbocycles. The molecule has 58 heavy (non-hydrogen) atoms. The highest BCUT2D eigenvalue weighted by Crippen LogP contribution is 2.36. The summed E-state index contributed by atoms with van der Waals surface area (Å²) in [6, 6.07) is 17.0. The van der Waals surface area contributed by atoms with Crippen LogP contribution in [0.3, 0.4) is 0 Å². The van der Waals surface area contributed by atoms with Crippen molar-refractivity contribution in [3.05, 3.63) is 99.6 Å². The van der Waals surface area contributed by atoms with Crippen molar-refractivity contribution >= 4 is 58.6 Å². The van der Waals surface area contributed by atoms with E-state index >= 15 is 0 Å². The lowest BCUT2D eigenvalue weighted by atomic mass is 10.00. The molecule has 1 fully saturated rings. The molecule has 0 bridgehead atoms. The van der Waals surface area contributed by atoms with Crippen molar-refractivity contribution in [3.8, 4) is 11.4 Å². The third-order valence-electron chi connectivity index (χ3n) is 10.7. The maximum Gasteiger partial charge on any atom is 0.263 e. The quantitative estimate of drug-likeness (QED) is 0.0652. The highest BCUT2D eigenvalue weighted by Gasteiger charge is 2.45. The maximum atomic E-state index is 13.3. The van der Waals surface area contributed by atoms with Gasteiger partial charge in [0.25, 0.3) is 11.8 Å². The number of piperidine rings is 1. The molecular formula is C43H46ClN7O6S. The number of carbonyl (C=O) groups excluding carboxylic acids is 5. The highest BCUT2D eigenvalue weighted by atomic mass is 35.5. The summed E-state index contributed by atoms with van der Waals surface area (Å²) in [5.41, 5.74) is 3.97. The second-order valence-corrected chi connectivity index (χ2v) is 16.3. The fourth-order valence-electron chi connectivity index (χ4n) is 7.73. The zero-order valence-corrected chi connectivity index (χ0v) is 34.2. The number of fused-ring (bicyclic) bond motifs is 4. The van der Waals surface area contributed by atoms with Gasteiger partial charge in [-0.1, -0.05) is 68.3 Å². The number of aromatic nitrogens is 3. The molecule has 13 nitrogen and oxygen atoms in total. The predicted octanol–water partition coefficient (Wildman–Crippen LogP) is 6.95. The number of rotatable bonds is 17. The van der Waals surface area contributed by atoms with E-state index in [1.165, 1.54) is 0 Å². The van der Waals surface area contributed by atoms with Gasteiger partial charge in [0, 0.05) is 34.0 Å². The number of halogens is 1. The molecule has 0 aliphatic carbocycles. The van der Waals surface area contributed by atoms with Crippen LogP contribution in [0.15, 0.2) is 70.6 Å². The van der Waals surface area contributed by atoms with Crippen LogP contribution in [0.2, 0.25) is 5.02 Å². The van der Waals surface area contributed by atoms with E-state index in [-0.39, 0.29) is 25.2 Å². The van der Waals surface area contributed by atoms with Crippen LogP contribution in [-0.2, 0) is 14.4 Å². The SMILES string of the molecule is COc1ccc2c(c1)C(c1ccc(Cl)cc1)=N[C@@H](CC(=O)NCCCCCCCCCCSc1cccc3c1C(=O)N(C1CCC(=O)NC1=O)C3=O)c1nnc(C)n1-2. The first-order chi connectivity index (χ1) is 28.1. The Morgan fingerprint density at radius 2 is 1.66 bits per heavy atom. The van der Waals surface area contributed by atoms with Crippen LogP contribution in [0.4, 0.5) is 0 Å². The first-order valence-corrected chi connectivity index (χ1v) is 21.2. The molecule has 1 unspecified atom stereocenters. The van der Waals surface area contributed by atoms with E-state index in [0.29, 0.717) is 40.1 Å². The molecule has 4 aromatic rings. The Balaban J connectivity index is 0.825. The van der Waals surface area contributed by atoms with E-state index < -0.39 is 35.7 Å². The van der Waals surface area contributed by atoms with Crippen LogP contribution in [0.1, 0.15) is 120 Å². The first kappa shape index (κ1) is 40.8. The van der Waals surface area contributed by atoms with Crippen LogP contribution in [0.25, 0.3) is 5.69 Å². The maximum absolute atomic E-state index is 13.3. The molecule has 4 heterocycles. The molecule has 5 amide bonds. The van der Waals surface area contributed by atoms with Crippen molar-refractivity contribution in [2.45, 2.75) is 94.5 Å². The van der Waals surface area contributed by atoms with Crippen LogP contribution >= 0.6 is 23.4 Å². The average Bonchev–Trinajstić information content (AvgIpc) is 3.68. The molecule has 2 N–H and O–H groups in total. The molecule has 302 valence electrons. The summed E-state index contributed by atoms with van der Waals surface area (Å²) >= 11 is 7.78. The van der Waals surface area contributed by atoms with Crippen molar-refractivity contribution in [2.75, 3.05) is 19.4 Å². The summed E-state index contributed by atoms with van der Waals surface area (Å²) in [7, 11) is 1.63. The van der Waals surface area contributed by atoms with Gasteiger partial charge in [-0.2, -0.15) is 0 Å². The summed E-state index contributed by atoms with van der Waals surface area (Å²) < 4.78 is 7.53. The second-order valence-electron chi connectivity index (χ2n) is 14.7. The van der Waals surface area contributed by atoms with Crippen molar-refractivity contribution in [1.82, 2.24) is 30.3 Å². The van der Waals surface area contributed by atoms with Gasteiger partial charge < -0.3 is 10.1 Å². The van der Waals surface area contributed by atoms with Crippen LogP contribution < -0.4 is 15.4 Å². The van der Waals surface area contributed by atoms with Gasteiger partial charge in [-0.15, -0.1) is 22.0 Å². The molecule has 3 aliphatic rings. The van der Waals surface area contributed by atoms with Crippen LogP contribution in [0, 0.1) is 6.92 Å². The molecule has 0 saturated carbocycles. The Labute approximate surface area is 346 Å². The molecule has 7 rings (SSSR count). The molecular weight excluding hydrogens is 778 g/mol. The lowest BCUT2D eigenvalue weighted by Crippen LogP contribution is -2.54. The van der Waals surface area contributed by atoms with Gasteiger partial charge in [0.15, 0.2) is 5.82 Å². The normalized spacial score (nSPS) is 17.3. The van der Waals surface area contributed by atoms with E-state index in [9.17, 15) is 24.0 Å². The molecule has 3 aliphatic heterocycles. The van der Waals surface area contributed by atoms with Crippen molar-refractivity contribution < 1.29 is 28.7 Å². The van der Waals surface area contributed by atoms with E-state index in [0.717, 1.165) is 89.4 Å². The minimum atomic E-state index is -0.969. The van der Waals surface area contributed by atoms with E-state index in [1.54, 1.807) is 31.0 Å². The lowest BCUT2D eigenvalue weighted by molar-refractivity contribution is -0.136. The molecule has 1 saturated heterocycles. The summed E-state index contributed by atoms with van der Waals surface area (Å²) in [6.45, 7) is 2.48. The molecule has 15 heteroatoms. The van der Waals surface area contributed by atoms with Crippen molar-refractivity contribution in [2.24, 2.45) is 4.99 Å². The second kappa shape index (κ2) is 18.5. The fraction of sp³-hybridized carbons (Fsp3) is 0.395. The van der Waals surface area contributed by atoms with Crippen LogP contribution in [-0.4, -0.2) is 80.4 Å². The first-order valence-electron chi connectivity index (χ1n) is 19.8. The average molecular weight is 824 g/mol. The van der Waals surface area contributed by atoms with E-state index in [4.69, 9.17) is 21.3 Å². The standard InChI is InChI=1S/C43H46ClN7O6S/c1-26-48-49-40-32(46-39(27-14-16-28(44)17-15-27)31-24-29(57-2)18-19-33(31)50(26)40)25-37(53)45-22-9-7-5-3-4-6-8-10-23-58-35-13-11-12-30-38(35)43(56)51(42(30)55)34-20-21-36(52)47-41(34)54/h11-19,24,32,34H,3-10,20-23,25H2,1-2H3,(H,45,53)(H,47,52,54)/t32-,34?/m0/s1. The van der Waals surface area contributed by atoms with Gasteiger partial charge in [0.1, 0.15) is 23.7 Å². The van der Waals surface area contributed by atoms with Gasteiger partial charge in [0.05, 0.1) is 36.1 Å². The van der Waals surface area contributed by atoms with Gasteiger partial charge in [-0.25, -0.2) is 0 Å². The number of nitrogens with zero attached hydrogens (tertiary/aromatic N) is 5. The zero-order valence-electron chi connectivity index (χ0n) is 32.6. The number of imide groups is 2. The Morgan fingerprint density at radius 3 is 2.40 bits per heavy atom. The third kappa shape index (κ3) is 8.87. The number of hydrogen-bond acceptors (Lipinski definition) is 10. The Morgan fingerprint density at radius 1 is 0.914 bits per heavy atom. The summed E-state index contributed by atoms with van der Waals surface area (Å²) in [6.07, 6.45) is 8.72. The smallest absolute Gasteiger partial charge is 0.263 e. The van der Waals surface area contributed by atoms with E-state index in [1.807, 2.05) is 60.0 Å². The molecule has 1 aromatic heterocycles. The highest BCUT2D eigenvalue weighted by molar-refractivity contribution is 7.99. The summed E-state index contributed by atoms with van der Waals surface area (Å²) in [5.74, 6) is 0.757. The minimum absolute atomic E-state index is 0.0922. The van der Waals surface area contributed by atoms with Crippen molar-refractivity contribution in [3.63, 3.8) is 0 Å². The number of thioether (sulfide) groups is 1. The number of benzene rings is 3. The van der Waals surface area contributed by atoms with Crippen LogP contribution in [0.5, 0.6) is 5.75 Å². The zero-order chi connectivity index (χ0) is 40.8. The number of carbonyl (C=O) groups is 5. The number of amides is 5. The number of ether oxygens (including phenoxy) is 1. The van der Waals surface area contributed by atoms with Gasteiger partial charge in [0.2, 0.25) is 17.7 Å². The van der Waals surface area contributed by atoms with Gasteiger partial charge >= 0.3 is 0 Å². The Kier molecular flexibility index (Phi) is 13.0. The molecule has 0 radical (unpaired) electrons. The number of unbranched alkanes of at least 4 members (excludes halogenated alkanes) is 7. The Hall–Kier alpha value is -5.34. The largest absolute Gasteiger partial charge is 0.497 e. The van der Waals surface area contributed by atoms with Gasteiger partial charge in [-0.05, 0) is 74.4 Å². The topological polar surface area (TPSA) is 165 Å². The predicted molar refractivity (Wildman–Crippen MR) is 221 cm³/mol. The molecule has 0 spiro atoms. The summed E-state index contributed by atoms with van der Waals surface area (Å²) in [4.78, 5) is 70.6. The third-order valence-corrected chi connectivity index (χ3v) is 12.1. The fourth-order valence-corrected chi connectivity index (χ4v) is 8.94. The number of aliphatic imine (C=N–C) groups is 1. The molecule has 2 atom stereocenters. The summed E-state index contributed by atoms with van der Waals surface area (Å²) in [5, 5.41) is 14.8.